The van der Waals surface area contributed by atoms with Gasteiger partial charge in [-0.2, -0.15) is 0 Å². The van der Waals surface area contributed by atoms with Crippen molar-refractivity contribution in [3.05, 3.63) is 62.6 Å². The zero-order chi connectivity index (χ0) is 23.2. The van der Waals surface area contributed by atoms with Crippen molar-refractivity contribution in [3.63, 3.8) is 0 Å². The fourth-order valence-corrected chi connectivity index (χ4v) is 3.23. The lowest BCUT2D eigenvalue weighted by molar-refractivity contribution is 0.160. The molecule has 2 rings (SSSR count). The Morgan fingerprint density at radius 3 is 2.16 bits per heavy atom. The van der Waals surface area contributed by atoms with Gasteiger partial charge in [0, 0.05) is 12.1 Å². The van der Waals surface area contributed by atoms with Crippen molar-refractivity contribution in [1.29, 1.82) is 0 Å². The molecule has 0 saturated heterocycles. The lowest BCUT2D eigenvalue weighted by Gasteiger charge is -2.12. The zero-order valence-corrected chi connectivity index (χ0v) is 20.7. The van der Waals surface area contributed by atoms with Crippen LogP contribution in [0.2, 0.25) is 10.0 Å². The molecule has 0 bridgehead atoms. The van der Waals surface area contributed by atoms with Crippen LogP contribution < -0.4 is 14.2 Å². The Kier molecular flexibility index (Phi) is 12.5. The van der Waals surface area contributed by atoms with Crippen LogP contribution in [0.15, 0.2) is 52.1 Å². The molecule has 32 heavy (non-hydrogen) atoms. The third-order valence-corrected chi connectivity index (χ3v) is 4.92. The van der Waals surface area contributed by atoms with Gasteiger partial charge in [-0.05, 0) is 62.1 Å². The number of benzene rings is 2. The summed E-state index contributed by atoms with van der Waals surface area (Å²) in [6.07, 6.45) is 5.89. The highest BCUT2D eigenvalue weighted by Gasteiger charge is 2.10. The molecule has 0 atom stereocenters. The number of hydrogen-bond acceptors (Lipinski definition) is 5. The molecule has 0 aromatic heterocycles. The lowest BCUT2D eigenvalue weighted by atomic mass is 10.2. The maximum Gasteiger partial charge on any atom is 0.156 e. The van der Waals surface area contributed by atoms with Gasteiger partial charge < -0.3 is 19.0 Å². The summed E-state index contributed by atoms with van der Waals surface area (Å²) in [5, 5.41) is 4.60. The second-order valence-corrected chi connectivity index (χ2v) is 8.32. The Bertz CT molecular complexity index is 861. The second kappa shape index (κ2) is 15.1. The van der Waals surface area contributed by atoms with Crippen LogP contribution in [-0.4, -0.2) is 32.6 Å². The number of hydrogen-bond donors (Lipinski definition) is 0. The smallest absolute Gasteiger partial charge is 0.156 e. The van der Waals surface area contributed by atoms with Crippen LogP contribution in [0, 0.1) is 0 Å². The molecule has 0 aliphatic carbocycles. The van der Waals surface area contributed by atoms with Crippen LogP contribution >= 0.6 is 46.4 Å². The van der Waals surface area contributed by atoms with Crippen LogP contribution in [0.1, 0.15) is 31.7 Å². The third-order valence-electron chi connectivity index (χ3n) is 4.05. The van der Waals surface area contributed by atoms with Crippen molar-refractivity contribution in [1.82, 2.24) is 0 Å². The van der Waals surface area contributed by atoms with Gasteiger partial charge in [0.05, 0.1) is 29.5 Å². The van der Waals surface area contributed by atoms with Gasteiger partial charge in [0.15, 0.2) is 5.75 Å². The van der Waals surface area contributed by atoms with Gasteiger partial charge in [0.2, 0.25) is 0 Å². The minimum absolute atomic E-state index is 0.133. The number of unbranched alkanes of at least 4 members (excludes halogenated alkanes) is 2. The van der Waals surface area contributed by atoms with Gasteiger partial charge >= 0.3 is 0 Å². The van der Waals surface area contributed by atoms with Crippen molar-refractivity contribution in [2.75, 3.05) is 26.4 Å². The largest absolute Gasteiger partial charge is 0.494 e. The first-order valence-electron chi connectivity index (χ1n) is 10.1. The molecule has 0 heterocycles. The predicted octanol–water partition coefficient (Wildman–Crippen LogP) is 7.69. The summed E-state index contributed by atoms with van der Waals surface area (Å²) in [6, 6.07) is 11.0. The number of ether oxygens (including phenoxy) is 3. The molecule has 0 aliphatic heterocycles. The summed E-state index contributed by atoms with van der Waals surface area (Å²) in [5.74, 6) is 1.76. The maximum atomic E-state index is 6.26. The minimum Gasteiger partial charge on any atom is -0.494 e. The van der Waals surface area contributed by atoms with E-state index in [9.17, 15) is 0 Å². The topological polar surface area (TPSA) is 49.3 Å². The molecular weight excluding hydrogens is 496 g/mol. The number of nitrogens with zero attached hydrogens (tertiary/aromatic N) is 1. The Hall–Kier alpha value is -1.79. The van der Waals surface area contributed by atoms with Gasteiger partial charge in [-0.3, -0.25) is 0 Å². The Balaban J connectivity index is 1.65. The molecule has 2 aromatic carbocycles. The molecule has 0 amide bonds. The van der Waals surface area contributed by atoms with Crippen molar-refractivity contribution in [2.45, 2.75) is 26.2 Å². The summed E-state index contributed by atoms with van der Waals surface area (Å²) in [7, 11) is 0. The summed E-state index contributed by atoms with van der Waals surface area (Å²) in [6.45, 7) is 3.77. The molecule has 9 heteroatoms. The van der Waals surface area contributed by atoms with Crippen molar-refractivity contribution in [3.8, 4) is 17.2 Å². The second-order valence-electron chi connectivity index (χ2n) is 6.50. The molecule has 0 aliphatic rings. The van der Waals surface area contributed by atoms with E-state index in [1.807, 2.05) is 31.2 Å². The van der Waals surface area contributed by atoms with Crippen LogP contribution in [0.25, 0.3) is 0 Å². The molecule has 0 radical (unpaired) electrons. The predicted molar refractivity (Wildman–Crippen MR) is 132 cm³/mol. The van der Waals surface area contributed by atoms with Gasteiger partial charge in [-0.25, -0.2) is 0 Å². The van der Waals surface area contributed by atoms with E-state index in [4.69, 9.17) is 65.5 Å². The van der Waals surface area contributed by atoms with E-state index in [0.717, 1.165) is 30.6 Å². The van der Waals surface area contributed by atoms with Crippen LogP contribution in [0.5, 0.6) is 17.2 Å². The fourth-order valence-electron chi connectivity index (χ4n) is 2.53. The molecule has 0 fully saturated rings. The highest BCUT2D eigenvalue weighted by molar-refractivity contribution is 6.55. The van der Waals surface area contributed by atoms with Gasteiger partial charge in [-0.1, -0.05) is 51.6 Å². The molecular formula is C23H25Cl4NO4. The van der Waals surface area contributed by atoms with E-state index in [-0.39, 0.29) is 11.1 Å². The van der Waals surface area contributed by atoms with E-state index in [0.29, 0.717) is 41.4 Å². The minimum atomic E-state index is 0.133. The number of oxime groups is 1. The summed E-state index contributed by atoms with van der Waals surface area (Å²) < 4.78 is 17.1. The lowest BCUT2D eigenvalue weighted by Crippen LogP contribution is -2.02. The SMILES string of the molecule is CCON=Cc1ccc(OCCCCCOc2c(Cl)cc(OCC=C(Cl)Cl)cc2Cl)cc1. The Morgan fingerprint density at radius 2 is 1.53 bits per heavy atom. The number of rotatable bonds is 14. The Morgan fingerprint density at radius 1 is 0.875 bits per heavy atom. The first-order chi connectivity index (χ1) is 15.5. The molecule has 0 unspecified atom stereocenters. The first-order valence-corrected chi connectivity index (χ1v) is 11.6. The maximum absolute atomic E-state index is 6.26. The molecule has 2 aromatic rings. The summed E-state index contributed by atoms with van der Waals surface area (Å²) in [4.78, 5) is 4.94. The quantitative estimate of drug-likeness (QED) is 0.145. The number of halogens is 4. The normalized spacial score (nSPS) is 10.8. The van der Waals surface area contributed by atoms with E-state index in [2.05, 4.69) is 5.16 Å². The molecule has 0 saturated carbocycles. The summed E-state index contributed by atoms with van der Waals surface area (Å²) in [5.41, 5.74) is 0.955. The summed E-state index contributed by atoms with van der Waals surface area (Å²) >= 11 is 23.6. The van der Waals surface area contributed by atoms with E-state index < -0.39 is 0 Å². The molecule has 174 valence electrons. The van der Waals surface area contributed by atoms with Crippen molar-refractivity contribution < 1.29 is 19.0 Å². The van der Waals surface area contributed by atoms with Crippen LogP contribution in [0.4, 0.5) is 0 Å². The highest BCUT2D eigenvalue weighted by Crippen LogP contribution is 2.37. The van der Waals surface area contributed by atoms with E-state index in [1.165, 1.54) is 6.08 Å². The van der Waals surface area contributed by atoms with E-state index in [1.54, 1.807) is 18.3 Å². The molecule has 0 spiro atoms. The van der Waals surface area contributed by atoms with E-state index >= 15 is 0 Å². The average molecular weight is 521 g/mol. The Labute approximate surface area is 208 Å². The zero-order valence-electron chi connectivity index (χ0n) is 17.7. The monoisotopic (exact) mass is 519 g/mol. The standard InChI is InChI=1S/C23H25Cl4NO4/c1-2-32-28-16-17-6-8-18(9-7-17)29-11-4-3-5-12-31-23-20(24)14-19(15-21(23)25)30-13-10-22(26)27/h6-10,14-16H,2-5,11-13H2,1H3. The van der Waals surface area contributed by atoms with Gasteiger partial charge in [-0.15, -0.1) is 0 Å². The molecule has 0 N–H and O–H groups in total. The average Bonchev–Trinajstić information content (AvgIpc) is 2.75. The van der Waals surface area contributed by atoms with Crippen LogP contribution in [0.3, 0.4) is 0 Å². The van der Waals surface area contributed by atoms with Gasteiger partial charge in [0.1, 0.15) is 29.2 Å². The molecule has 5 nitrogen and oxygen atoms in total. The fraction of sp³-hybridized carbons (Fsp3) is 0.348. The van der Waals surface area contributed by atoms with Crippen molar-refractivity contribution >= 4 is 52.6 Å². The first kappa shape index (κ1) is 26.5. The third kappa shape index (κ3) is 10.2. The van der Waals surface area contributed by atoms with Gasteiger partial charge in [0.25, 0.3) is 0 Å². The highest BCUT2D eigenvalue weighted by atomic mass is 35.5. The van der Waals surface area contributed by atoms with Crippen LogP contribution in [-0.2, 0) is 4.84 Å². The van der Waals surface area contributed by atoms with Crippen molar-refractivity contribution in [2.24, 2.45) is 5.16 Å².